The highest BCUT2D eigenvalue weighted by molar-refractivity contribution is 7.87. The molecule has 11 heteroatoms. The lowest BCUT2D eigenvalue weighted by Crippen LogP contribution is -2.60. The number of hydrogen-bond donors (Lipinski definition) is 1. The Labute approximate surface area is 313 Å². The smallest absolute Gasteiger partial charge is 0.303 e. The summed E-state index contributed by atoms with van der Waals surface area (Å²) in [4.78, 5) is 33.4. The number of rotatable bonds is 8. The molecule has 0 bridgehead atoms. The van der Waals surface area contributed by atoms with Gasteiger partial charge in [-0.2, -0.15) is 12.7 Å². The minimum absolute atomic E-state index is 0.0210. The molecule has 8 rings (SSSR count). The maximum absolute atomic E-state index is 15.3. The molecule has 0 spiro atoms. The highest BCUT2D eigenvalue weighted by Crippen LogP contribution is 2.66. The van der Waals surface area contributed by atoms with Crippen LogP contribution < -0.4 is 9.46 Å². The molecule has 1 saturated heterocycles. The van der Waals surface area contributed by atoms with E-state index in [2.05, 4.69) is 69.3 Å². The van der Waals surface area contributed by atoms with Gasteiger partial charge in [0.15, 0.2) is 0 Å². The molecule has 3 heterocycles. The molecule has 4 atom stereocenters. The summed E-state index contributed by atoms with van der Waals surface area (Å²) < 4.78 is 36.6. The largest absolute Gasteiger partial charge is 0.497 e. The highest BCUT2D eigenvalue weighted by atomic mass is 32.2. The Morgan fingerprint density at radius 3 is 2.34 bits per heavy atom. The maximum Gasteiger partial charge on any atom is 0.303 e. The van der Waals surface area contributed by atoms with E-state index < -0.39 is 21.5 Å². The SMILES string of the molecule is COc1ccc2c(c1)C1CC1(C(=O)N1[C@H](C)CN(Cc3ccccc3)C[C@@H]1C)Cn1c-2c(C2CCCCC2)c2ccc(C(=O)NS(=O)(=O)N(C)C)cc21. The first kappa shape index (κ1) is 35.8. The normalized spacial score (nSPS) is 24.6. The predicted octanol–water partition coefficient (Wildman–Crippen LogP) is 6.51. The van der Waals surface area contributed by atoms with Gasteiger partial charge < -0.3 is 14.2 Å². The van der Waals surface area contributed by atoms with Crippen molar-refractivity contribution in [2.45, 2.75) is 89.4 Å². The van der Waals surface area contributed by atoms with Crippen LogP contribution in [0.2, 0.25) is 0 Å². The number of nitrogens with one attached hydrogen (secondary N) is 1. The Morgan fingerprint density at radius 1 is 0.943 bits per heavy atom. The van der Waals surface area contributed by atoms with Gasteiger partial charge in [0, 0.05) is 80.3 Å². The van der Waals surface area contributed by atoms with Crippen molar-refractivity contribution in [2.75, 3.05) is 34.3 Å². The second-order valence-electron chi connectivity index (χ2n) is 16.1. The third-order valence-electron chi connectivity index (χ3n) is 12.4. The van der Waals surface area contributed by atoms with Gasteiger partial charge in [0.25, 0.3) is 5.91 Å². The average Bonchev–Trinajstić information content (AvgIpc) is 3.81. The Kier molecular flexibility index (Phi) is 9.18. The van der Waals surface area contributed by atoms with E-state index in [1.54, 1.807) is 13.2 Å². The lowest BCUT2D eigenvalue weighted by Gasteiger charge is -2.46. The van der Waals surface area contributed by atoms with Crippen molar-refractivity contribution >= 4 is 32.9 Å². The molecule has 0 radical (unpaired) electrons. The van der Waals surface area contributed by atoms with E-state index >= 15 is 4.79 Å². The number of hydrogen-bond acceptors (Lipinski definition) is 6. The first-order valence-electron chi connectivity index (χ1n) is 19.1. The molecule has 3 aromatic carbocycles. The molecule has 53 heavy (non-hydrogen) atoms. The van der Waals surface area contributed by atoms with Gasteiger partial charge in [-0.25, -0.2) is 4.72 Å². The number of carbonyl (C=O) groups excluding carboxylic acids is 2. The van der Waals surface area contributed by atoms with Gasteiger partial charge in [-0.05, 0) is 86.1 Å². The molecule has 3 fully saturated rings. The molecule has 2 aliphatic carbocycles. The van der Waals surface area contributed by atoms with Crippen LogP contribution in [0.4, 0.5) is 0 Å². The fourth-order valence-corrected chi connectivity index (χ4v) is 10.3. The molecule has 2 amide bonds. The second-order valence-corrected chi connectivity index (χ2v) is 18.0. The summed E-state index contributed by atoms with van der Waals surface area (Å²) in [6, 6.07) is 22.5. The minimum atomic E-state index is -3.99. The second kappa shape index (κ2) is 13.6. The number of amides is 2. The van der Waals surface area contributed by atoms with Crippen molar-refractivity contribution in [2.24, 2.45) is 5.41 Å². The van der Waals surface area contributed by atoms with Crippen LogP contribution in [0.1, 0.15) is 91.3 Å². The fraction of sp³-hybridized carbons (Fsp3) is 0.476. The molecular weight excluding hydrogens is 687 g/mol. The van der Waals surface area contributed by atoms with Crippen molar-refractivity contribution in [1.29, 1.82) is 0 Å². The van der Waals surface area contributed by atoms with Crippen LogP contribution in [0, 0.1) is 5.41 Å². The molecule has 10 nitrogen and oxygen atoms in total. The molecular formula is C42H51N5O5S. The van der Waals surface area contributed by atoms with Crippen LogP contribution in [0.5, 0.6) is 5.75 Å². The summed E-state index contributed by atoms with van der Waals surface area (Å²) in [7, 11) is 0.485. The summed E-state index contributed by atoms with van der Waals surface area (Å²) in [5.41, 5.74) is 6.40. The van der Waals surface area contributed by atoms with Gasteiger partial charge in [-0.15, -0.1) is 0 Å². The first-order chi connectivity index (χ1) is 25.4. The Hall–Kier alpha value is -4.19. The van der Waals surface area contributed by atoms with Crippen LogP contribution in [-0.2, 0) is 28.1 Å². The van der Waals surface area contributed by atoms with Crippen molar-refractivity contribution in [3.05, 3.63) is 89.0 Å². The minimum Gasteiger partial charge on any atom is -0.497 e. The zero-order chi connectivity index (χ0) is 37.2. The van der Waals surface area contributed by atoms with Crippen molar-refractivity contribution < 1.29 is 22.7 Å². The Bertz CT molecular complexity index is 2160. The van der Waals surface area contributed by atoms with Crippen molar-refractivity contribution in [3.8, 4) is 17.0 Å². The molecule has 2 aliphatic heterocycles. The number of benzene rings is 3. The average molecular weight is 738 g/mol. The van der Waals surface area contributed by atoms with Crippen LogP contribution in [0.15, 0.2) is 66.7 Å². The van der Waals surface area contributed by atoms with E-state index in [4.69, 9.17) is 4.74 Å². The fourth-order valence-electron chi connectivity index (χ4n) is 9.75. The quantitative estimate of drug-likeness (QED) is 0.221. The topological polar surface area (TPSA) is 104 Å². The van der Waals surface area contributed by atoms with E-state index in [-0.39, 0.29) is 29.5 Å². The Balaban J connectivity index is 1.24. The summed E-state index contributed by atoms with van der Waals surface area (Å²) in [5, 5.41) is 1.07. The number of fused-ring (bicyclic) bond motifs is 7. The van der Waals surface area contributed by atoms with Gasteiger partial charge in [0.2, 0.25) is 5.91 Å². The highest BCUT2D eigenvalue weighted by Gasteiger charge is 2.64. The molecule has 280 valence electrons. The number of nitrogens with zero attached hydrogens (tertiary/aromatic N) is 4. The lowest BCUT2D eigenvalue weighted by atomic mass is 9.81. The van der Waals surface area contributed by atoms with E-state index in [0.29, 0.717) is 12.5 Å². The van der Waals surface area contributed by atoms with Crippen LogP contribution in [-0.4, -0.2) is 85.3 Å². The van der Waals surface area contributed by atoms with E-state index in [0.717, 1.165) is 89.5 Å². The lowest BCUT2D eigenvalue weighted by molar-refractivity contribution is -0.146. The van der Waals surface area contributed by atoms with Gasteiger partial charge in [0.05, 0.1) is 18.2 Å². The summed E-state index contributed by atoms with van der Waals surface area (Å²) in [6.45, 7) is 7.29. The number of methoxy groups -OCH3 is 1. The number of carbonyl (C=O) groups is 2. The van der Waals surface area contributed by atoms with E-state index in [1.807, 2.05) is 24.3 Å². The predicted molar refractivity (Wildman–Crippen MR) is 207 cm³/mol. The molecule has 2 saturated carbocycles. The molecule has 2 unspecified atom stereocenters. The van der Waals surface area contributed by atoms with Crippen molar-refractivity contribution in [3.63, 3.8) is 0 Å². The monoisotopic (exact) mass is 737 g/mol. The Morgan fingerprint density at radius 2 is 1.66 bits per heavy atom. The van der Waals surface area contributed by atoms with Crippen molar-refractivity contribution in [1.82, 2.24) is 23.4 Å². The number of piperazine rings is 1. The van der Waals surface area contributed by atoms with Gasteiger partial charge in [-0.3, -0.25) is 14.5 Å². The molecule has 1 aromatic heterocycles. The van der Waals surface area contributed by atoms with Gasteiger partial charge in [-0.1, -0.05) is 55.7 Å². The third kappa shape index (κ3) is 6.24. The third-order valence-corrected chi connectivity index (χ3v) is 13.8. The zero-order valence-corrected chi connectivity index (χ0v) is 32.3. The zero-order valence-electron chi connectivity index (χ0n) is 31.5. The van der Waals surface area contributed by atoms with Crippen LogP contribution in [0.25, 0.3) is 22.2 Å². The summed E-state index contributed by atoms with van der Waals surface area (Å²) >= 11 is 0. The molecule has 4 aromatic rings. The van der Waals surface area contributed by atoms with E-state index in [1.165, 1.54) is 31.6 Å². The summed E-state index contributed by atoms with van der Waals surface area (Å²) in [6.07, 6.45) is 6.43. The number of aromatic nitrogens is 1. The molecule has 1 N–H and O–H groups in total. The summed E-state index contributed by atoms with van der Waals surface area (Å²) in [5.74, 6) is 0.645. The number of ether oxygens (including phenoxy) is 1. The van der Waals surface area contributed by atoms with E-state index in [9.17, 15) is 13.2 Å². The standard InChI is InChI=1S/C42H51N5O5S/c1-27-23-45(25-29-12-8-6-9-13-29)24-28(2)47(27)41(49)42-22-36(42)35-21-32(52-5)17-19-33(35)39-38(30-14-10-7-11-15-30)34-18-16-31(20-37(34)46(39)26-42)40(48)43-53(50,51)44(3)4/h6,8-9,12-13,16-21,27-28,30,36H,7,10-11,14-15,22-26H2,1-5H3,(H,43,48)/t27-,28+,36?,42?. The maximum atomic E-state index is 15.3. The molecule has 4 aliphatic rings. The van der Waals surface area contributed by atoms with Gasteiger partial charge >= 0.3 is 10.2 Å². The van der Waals surface area contributed by atoms with Crippen LogP contribution >= 0.6 is 0 Å². The van der Waals surface area contributed by atoms with Gasteiger partial charge in [0.1, 0.15) is 5.75 Å². The van der Waals surface area contributed by atoms with Crippen LogP contribution in [0.3, 0.4) is 0 Å². The first-order valence-corrected chi connectivity index (χ1v) is 20.5.